The molecule has 3 aromatic carbocycles. The van der Waals surface area contributed by atoms with Crippen LogP contribution in [0.4, 0.5) is 25.4 Å². The van der Waals surface area contributed by atoms with Crippen molar-refractivity contribution in [3.8, 4) is 11.5 Å². The van der Waals surface area contributed by atoms with Crippen molar-refractivity contribution in [2.24, 2.45) is 0 Å². The molecule has 0 spiro atoms. The lowest BCUT2D eigenvalue weighted by Gasteiger charge is -2.39. The summed E-state index contributed by atoms with van der Waals surface area (Å²) in [6.07, 6.45) is -0.483. The number of piperazine rings is 1. The molecule has 1 unspecified atom stereocenters. The number of urea groups is 1. The van der Waals surface area contributed by atoms with Crippen LogP contribution in [0.15, 0.2) is 71.5 Å². The van der Waals surface area contributed by atoms with Gasteiger partial charge in [-0.2, -0.15) is 0 Å². The summed E-state index contributed by atoms with van der Waals surface area (Å²) in [5.74, 6) is 0.491. The van der Waals surface area contributed by atoms with Gasteiger partial charge in [0.05, 0.1) is 56.5 Å². The van der Waals surface area contributed by atoms with Crippen LogP contribution in [0, 0.1) is 5.82 Å². The zero-order valence-corrected chi connectivity index (χ0v) is 28.3. The Kier molecular flexibility index (Phi) is 11.4. The van der Waals surface area contributed by atoms with Gasteiger partial charge in [0, 0.05) is 37.8 Å². The minimum atomic E-state index is -0.872. The van der Waals surface area contributed by atoms with E-state index in [1.807, 2.05) is 5.01 Å². The molecule has 4 aromatic rings. The maximum absolute atomic E-state index is 14.2. The number of hydrogen-bond acceptors (Lipinski definition) is 9. The van der Waals surface area contributed by atoms with Gasteiger partial charge in [-0.05, 0) is 62.4 Å². The first-order valence-electron chi connectivity index (χ1n) is 16.2. The van der Waals surface area contributed by atoms with Gasteiger partial charge in [0.1, 0.15) is 17.3 Å². The lowest BCUT2D eigenvalue weighted by molar-refractivity contribution is -0.131. The van der Waals surface area contributed by atoms with Gasteiger partial charge < -0.3 is 34.8 Å². The van der Waals surface area contributed by atoms with Crippen molar-refractivity contribution >= 4 is 40.3 Å². The highest BCUT2D eigenvalue weighted by Gasteiger charge is 2.33. The van der Waals surface area contributed by atoms with Crippen LogP contribution in [0.1, 0.15) is 32.1 Å². The molecule has 14 nitrogen and oxygen atoms in total. The molecule has 1 aliphatic heterocycles. The Labute approximate surface area is 288 Å². The maximum Gasteiger partial charge on any atom is 0.407 e. The number of anilines is 2. The lowest BCUT2D eigenvalue weighted by atomic mass is 10.1. The lowest BCUT2D eigenvalue weighted by Crippen LogP contribution is -2.57. The molecule has 1 atom stereocenters. The first kappa shape index (κ1) is 35.4. The molecule has 1 fully saturated rings. The largest absolute Gasteiger partial charge is 0.497 e. The molecule has 0 aliphatic carbocycles. The van der Waals surface area contributed by atoms with Crippen molar-refractivity contribution in [3.05, 3.63) is 88.7 Å². The molecule has 0 bridgehead atoms. The molecule has 0 radical (unpaired) electrons. The van der Waals surface area contributed by atoms with Crippen molar-refractivity contribution in [1.82, 2.24) is 19.9 Å². The fraction of sp³-hybridized carbons (Fsp3) is 0.343. The second kappa shape index (κ2) is 16.0. The number of ether oxygens (including phenoxy) is 3. The molecule has 1 saturated heterocycles. The number of nitrogens with one attached hydrogen (secondary N) is 2. The molecular weight excluding hydrogens is 649 g/mol. The summed E-state index contributed by atoms with van der Waals surface area (Å²) >= 11 is 0. The van der Waals surface area contributed by atoms with Crippen LogP contribution in [0.5, 0.6) is 11.5 Å². The fourth-order valence-corrected chi connectivity index (χ4v) is 5.75. The SMILES string of the molecule is CCOC(=O)NCCC(=O)N1CCN(n2c(C(C)N(C(=O)Nc3ccc(F)cc3)c3ccc(OC)cc3OC)nc3ccccc3c2=O)CC1. The minimum absolute atomic E-state index is 0.0976. The first-order chi connectivity index (χ1) is 24.1. The van der Waals surface area contributed by atoms with E-state index >= 15 is 0 Å². The summed E-state index contributed by atoms with van der Waals surface area (Å²) < 4.78 is 31.1. The number of fused-ring (bicyclic) bond motifs is 1. The van der Waals surface area contributed by atoms with Gasteiger partial charge in [0.15, 0.2) is 5.82 Å². The molecule has 50 heavy (non-hydrogen) atoms. The summed E-state index contributed by atoms with van der Waals surface area (Å²) in [5.41, 5.74) is 0.819. The number of rotatable bonds is 11. The smallest absolute Gasteiger partial charge is 0.407 e. The van der Waals surface area contributed by atoms with E-state index in [2.05, 4.69) is 10.6 Å². The van der Waals surface area contributed by atoms with E-state index in [1.165, 1.54) is 48.1 Å². The van der Waals surface area contributed by atoms with Crippen molar-refractivity contribution in [2.75, 3.05) is 68.8 Å². The number of methoxy groups -OCH3 is 2. The van der Waals surface area contributed by atoms with Crippen molar-refractivity contribution in [2.45, 2.75) is 26.3 Å². The quantitative estimate of drug-likeness (QED) is 0.236. The van der Waals surface area contributed by atoms with E-state index in [-0.39, 0.29) is 36.9 Å². The van der Waals surface area contributed by atoms with E-state index in [1.54, 1.807) is 61.2 Å². The van der Waals surface area contributed by atoms with Gasteiger partial charge in [-0.1, -0.05) is 12.1 Å². The molecule has 15 heteroatoms. The second-order valence-electron chi connectivity index (χ2n) is 11.4. The van der Waals surface area contributed by atoms with Crippen LogP contribution >= 0.6 is 0 Å². The van der Waals surface area contributed by atoms with E-state index in [4.69, 9.17) is 19.2 Å². The van der Waals surface area contributed by atoms with E-state index in [0.717, 1.165) is 0 Å². The van der Waals surface area contributed by atoms with E-state index in [9.17, 15) is 23.6 Å². The highest BCUT2D eigenvalue weighted by molar-refractivity contribution is 6.03. The van der Waals surface area contributed by atoms with Crippen molar-refractivity contribution < 1.29 is 33.0 Å². The number of aromatic nitrogens is 2. The Balaban J connectivity index is 1.50. The summed E-state index contributed by atoms with van der Waals surface area (Å²) in [6.45, 7) is 5.03. The zero-order chi connectivity index (χ0) is 35.8. The number of amides is 4. The van der Waals surface area contributed by atoms with E-state index in [0.29, 0.717) is 60.0 Å². The molecule has 1 aromatic heterocycles. The third kappa shape index (κ3) is 7.88. The third-order valence-corrected chi connectivity index (χ3v) is 8.28. The number of nitrogens with zero attached hydrogens (tertiary/aromatic N) is 5. The predicted molar refractivity (Wildman–Crippen MR) is 186 cm³/mol. The number of para-hydroxylation sites is 1. The van der Waals surface area contributed by atoms with Crippen LogP contribution < -0.4 is 35.6 Å². The van der Waals surface area contributed by atoms with Crippen LogP contribution in [0.25, 0.3) is 10.9 Å². The third-order valence-electron chi connectivity index (χ3n) is 8.28. The van der Waals surface area contributed by atoms with Crippen LogP contribution in [-0.2, 0) is 9.53 Å². The number of alkyl carbamates (subject to hydrolysis) is 1. The number of benzene rings is 3. The van der Waals surface area contributed by atoms with Crippen LogP contribution in [-0.4, -0.2) is 86.1 Å². The average molecular weight is 690 g/mol. The average Bonchev–Trinajstić information content (AvgIpc) is 3.12. The summed E-state index contributed by atoms with van der Waals surface area (Å²) in [4.78, 5) is 61.0. The molecule has 0 saturated carbocycles. The topological polar surface area (TPSA) is 148 Å². The fourth-order valence-electron chi connectivity index (χ4n) is 5.75. The van der Waals surface area contributed by atoms with Crippen LogP contribution in [0.2, 0.25) is 0 Å². The Hall–Kier alpha value is -5.86. The molecular formula is C35H40FN7O7. The normalized spacial score (nSPS) is 13.4. The Bertz CT molecular complexity index is 1900. The van der Waals surface area contributed by atoms with Crippen molar-refractivity contribution in [1.29, 1.82) is 0 Å². The van der Waals surface area contributed by atoms with Gasteiger partial charge in [0.25, 0.3) is 5.56 Å². The zero-order valence-electron chi connectivity index (χ0n) is 28.3. The number of halogens is 1. The van der Waals surface area contributed by atoms with Gasteiger partial charge in [-0.15, -0.1) is 0 Å². The van der Waals surface area contributed by atoms with Gasteiger partial charge in [-0.25, -0.2) is 23.6 Å². The monoisotopic (exact) mass is 689 g/mol. The summed E-state index contributed by atoms with van der Waals surface area (Å²) in [7, 11) is 2.98. The Morgan fingerprint density at radius 2 is 1.70 bits per heavy atom. The number of carbonyl (C=O) groups excluding carboxylic acids is 3. The van der Waals surface area contributed by atoms with E-state index < -0.39 is 24.0 Å². The second-order valence-corrected chi connectivity index (χ2v) is 11.4. The molecule has 1 aliphatic rings. The molecule has 4 amide bonds. The predicted octanol–water partition coefficient (Wildman–Crippen LogP) is 4.27. The molecule has 5 rings (SSSR count). The highest BCUT2D eigenvalue weighted by atomic mass is 19.1. The van der Waals surface area contributed by atoms with Gasteiger partial charge in [0.2, 0.25) is 5.91 Å². The van der Waals surface area contributed by atoms with Crippen LogP contribution in [0.3, 0.4) is 0 Å². The minimum Gasteiger partial charge on any atom is -0.497 e. The Morgan fingerprint density at radius 1 is 0.980 bits per heavy atom. The van der Waals surface area contributed by atoms with Gasteiger partial charge >= 0.3 is 12.1 Å². The Morgan fingerprint density at radius 3 is 2.38 bits per heavy atom. The molecule has 2 N–H and O–H groups in total. The highest BCUT2D eigenvalue weighted by Crippen LogP contribution is 2.37. The first-order valence-corrected chi connectivity index (χ1v) is 16.2. The maximum atomic E-state index is 14.2. The summed E-state index contributed by atoms with van der Waals surface area (Å²) in [5, 5.41) is 7.58. The molecule has 264 valence electrons. The molecule has 2 heterocycles. The van der Waals surface area contributed by atoms with Crippen molar-refractivity contribution in [3.63, 3.8) is 0 Å². The standard InChI is InChI=1S/C35H40FN7O7/c1-5-50-35(47)37-17-16-31(44)40-18-20-41(21-19-40)43-32(39-28-9-7-6-8-27(28)33(43)45)23(2)42(29-15-14-26(48-3)22-30(29)49-4)34(46)38-25-12-10-24(36)11-13-25/h6-15,22-23H,5,16-21H2,1-4H3,(H,37,47)(H,38,46). The number of carbonyl (C=O) groups is 3. The summed E-state index contributed by atoms with van der Waals surface area (Å²) in [6, 6.07) is 15.8. The number of hydrogen-bond donors (Lipinski definition) is 2. The van der Waals surface area contributed by atoms with Gasteiger partial charge in [-0.3, -0.25) is 14.5 Å².